The van der Waals surface area contributed by atoms with Gasteiger partial charge < -0.3 is 33.5 Å². The number of amides is 2. The number of benzene rings is 2. The Morgan fingerprint density at radius 3 is 1.64 bits per heavy atom. The third-order valence-corrected chi connectivity index (χ3v) is 7.89. The molecule has 0 aliphatic carbocycles. The highest BCUT2D eigenvalue weighted by molar-refractivity contribution is 7.87. The zero-order chi connectivity index (χ0) is 40.2. The van der Waals surface area contributed by atoms with E-state index < -0.39 is 40.0 Å². The number of hydrogen-bond acceptors (Lipinski definition) is 9. The molecule has 2 N–H and O–H groups in total. The van der Waals surface area contributed by atoms with Crippen molar-refractivity contribution in [2.45, 2.75) is 71.1 Å². The summed E-state index contributed by atoms with van der Waals surface area (Å²) in [5.74, 6) is -0.341. The topological polar surface area (TPSA) is 152 Å². The molecule has 4 rings (SSSR count). The minimum atomic E-state index is -5.67. The first kappa shape index (κ1) is 44.1. The molecule has 2 heterocycles. The van der Waals surface area contributed by atoms with Gasteiger partial charge in [0.25, 0.3) is 0 Å². The molecule has 0 saturated carbocycles. The van der Waals surface area contributed by atoms with Crippen LogP contribution >= 0.6 is 0 Å². The first-order valence-corrected chi connectivity index (χ1v) is 17.5. The number of nitrogens with zero attached hydrogens (tertiary/aromatic N) is 4. The molecule has 286 valence electrons. The molecule has 53 heavy (non-hydrogen) atoms. The van der Waals surface area contributed by atoms with Gasteiger partial charge in [-0.1, -0.05) is 60.2 Å². The van der Waals surface area contributed by atoms with Gasteiger partial charge in [0.1, 0.15) is 17.0 Å². The highest BCUT2D eigenvalue weighted by Crippen LogP contribution is 2.31. The first-order valence-electron chi connectivity index (χ1n) is 16.1. The third-order valence-electron chi connectivity index (χ3n) is 6.89. The van der Waals surface area contributed by atoms with Crippen molar-refractivity contribution in [3.05, 3.63) is 94.8 Å². The molecule has 13 nitrogen and oxygen atoms in total. The lowest BCUT2D eigenvalue weighted by Crippen LogP contribution is -2.39. The van der Waals surface area contributed by atoms with Gasteiger partial charge in [0.2, 0.25) is 0 Å². The van der Waals surface area contributed by atoms with Gasteiger partial charge >= 0.3 is 34.9 Å². The van der Waals surface area contributed by atoms with Crippen LogP contribution in [0, 0.1) is 13.1 Å². The van der Waals surface area contributed by atoms with E-state index in [-0.39, 0.29) is 42.5 Å². The van der Waals surface area contributed by atoms with Crippen molar-refractivity contribution in [1.82, 2.24) is 9.80 Å². The quantitative estimate of drug-likeness (QED) is 0.153. The largest absolute Gasteiger partial charge is 0.534 e. The minimum Gasteiger partial charge on any atom is -0.444 e. The van der Waals surface area contributed by atoms with Crippen LogP contribution in [0.5, 0.6) is 0 Å². The Labute approximate surface area is 308 Å². The molecule has 0 unspecified atom stereocenters. The molecule has 2 aromatic carbocycles. The summed E-state index contributed by atoms with van der Waals surface area (Å²) in [7, 11) is -7.22. The maximum atomic E-state index is 12.2. The van der Waals surface area contributed by atoms with Crippen molar-refractivity contribution in [3.8, 4) is 0 Å². The highest BCUT2D eigenvalue weighted by Gasteiger charge is 2.49. The van der Waals surface area contributed by atoms with Gasteiger partial charge in [-0.2, -0.15) is 21.6 Å². The second-order valence-corrected chi connectivity index (χ2v) is 14.9. The van der Waals surface area contributed by atoms with E-state index in [0.717, 1.165) is 23.6 Å². The summed E-state index contributed by atoms with van der Waals surface area (Å²) >= 11 is 0. The Bertz CT molecular complexity index is 1860. The average molecular weight is 763 g/mol. The number of para-hydroxylation sites is 2. The highest BCUT2D eigenvalue weighted by atomic mass is 32.2. The van der Waals surface area contributed by atoms with E-state index in [0.29, 0.717) is 18.8 Å². The molecule has 0 bridgehead atoms. The van der Waals surface area contributed by atoms with Crippen molar-refractivity contribution >= 4 is 51.8 Å². The molecule has 2 amide bonds. The summed E-state index contributed by atoms with van der Waals surface area (Å²) in [5.41, 5.74) is -3.36. The lowest BCUT2D eigenvalue weighted by molar-refractivity contribution is -0.0525. The number of halogens is 3. The second-order valence-electron chi connectivity index (χ2n) is 13.4. The van der Waals surface area contributed by atoms with Gasteiger partial charge in [0.15, 0.2) is 11.4 Å². The second kappa shape index (κ2) is 18.6. The zero-order valence-corrected chi connectivity index (χ0v) is 31.0. The Hall–Kier alpha value is -5.04. The molecule has 0 aromatic heterocycles. The number of carbonyl (C=O) groups is 2. The van der Waals surface area contributed by atoms with Crippen molar-refractivity contribution in [2.75, 3.05) is 26.2 Å². The minimum absolute atomic E-state index is 0.00806. The van der Waals surface area contributed by atoms with Crippen LogP contribution in [0.4, 0.5) is 34.1 Å². The predicted molar refractivity (Wildman–Crippen MR) is 192 cm³/mol. The van der Waals surface area contributed by atoms with E-state index >= 15 is 0 Å². The van der Waals surface area contributed by atoms with E-state index in [4.69, 9.17) is 32.7 Å². The summed E-state index contributed by atoms with van der Waals surface area (Å²) in [4.78, 5) is 33.3. The fraction of sp³-hybridized carbons (Fsp3) is 0.429. The van der Waals surface area contributed by atoms with E-state index in [1.807, 2.05) is 51.1 Å². The zero-order valence-electron chi connectivity index (χ0n) is 30.2. The summed E-state index contributed by atoms with van der Waals surface area (Å²) in [5, 5.41) is 17.5. The summed E-state index contributed by atoms with van der Waals surface area (Å²) in [6.07, 6.45) is 2.81. The molecule has 0 saturated heterocycles. The van der Waals surface area contributed by atoms with Crippen LogP contribution < -0.4 is 5.46 Å². The molecule has 2 aliphatic rings. The Morgan fingerprint density at radius 2 is 1.25 bits per heavy atom. The van der Waals surface area contributed by atoms with Crippen LogP contribution in [0.15, 0.2) is 66.4 Å². The molecule has 0 atom stereocenters. The fourth-order valence-corrected chi connectivity index (χ4v) is 4.99. The van der Waals surface area contributed by atoms with Crippen molar-refractivity contribution in [3.63, 3.8) is 0 Å². The average Bonchev–Trinajstić information content (AvgIpc) is 3.07. The molecular formula is C35H42BF3N4O9S. The third kappa shape index (κ3) is 14.5. The lowest BCUT2D eigenvalue weighted by Gasteiger charge is -2.29. The molecular weight excluding hydrogens is 720 g/mol. The number of hydrogen-bond donors (Lipinski definition) is 2. The SMILES string of the molecule is CC(C)(C)OC(=O)N1CC=C(OS(=O)(=O)C(F)(F)F)CC1.[C-]#[N+]c1ccccc1B(O)O.[C-]#[N+]c1ccccc1C1=CCN(C(=O)OC(C)(C)C)CC1. The van der Waals surface area contributed by atoms with Gasteiger partial charge in [-0.15, -0.1) is 0 Å². The van der Waals surface area contributed by atoms with Gasteiger partial charge in [-0.05, 0) is 65.1 Å². The van der Waals surface area contributed by atoms with Crippen LogP contribution in [-0.4, -0.2) is 90.5 Å². The number of carbonyl (C=O) groups excluding carboxylic acids is 2. The van der Waals surface area contributed by atoms with Crippen LogP contribution in [0.1, 0.15) is 59.9 Å². The van der Waals surface area contributed by atoms with Crippen LogP contribution in [0.25, 0.3) is 15.3 Å². The van der Waals surface area contributed by atoms with E-state index in [1.165, 1.54) is 11.0 Å². The molecule has 2 aliphatic heterocycles. The van der Waals surface area contributed by atoms with Crippen LogP contribution in [-0.2, 0) is 23.8 Å². The van der Waals surface area contributed by atoms with Gasteiger partial charge in [0.05, 0.1) is 13.1 Å². The molecule has 0 fully saturated rings. The fourth-order valence-electron chi connectivity index (χ4n) is 4.46. The van der Waals surface area contributed by atoms with Gasteiger partial charge in [-0.25, -0.2) is 19.3 Å². The first-order chi connectivity index (χ1) is 24.5. The summed E-state index contributed by atoms with van der Waals surface area (Å²) in [6, 6.07) is 14.0. The van der Waals surface area contributed by atoms with Gasteiger partial charge in [0, 0.05) is 32.6 Å². The maximum Gasteiger partial charge on any atom is 0.534 e. The molecule has 0 radical (unpaired) electrons. The summed E-state index contributed by atoms with van der Waals surface area (Å²) in [6.45, 7) is 25.6. The van der Waals surface area contributed by atoms with E-state index in [1.54, 1.807) is 43.9 Å². The number of rotatable bonds is 4. The van der Waals surface area contributed by atoms with E-state index in [2.05, 4.69) is 13.9 Å². The van der Waals surface area contributed by atoms with Crippen molar-refractivity contribution in [1.29, 1.82) is 0 Å². The normalized spacial score (nSPS) is 14.7. The lowest BCUT2D eigenvalue weighted by atomic mass is 9.79. The standard InChI is InChI=1S/C17H20N2O2.C11H16F3NO5S.C7H6BNO2/c1-17(2,3)21-16(20)19-11-9-13(10-12-19)14-7-5-6-8-15(14)18-4;1-10(2,3)19-9(16)15-6-4-8(5-7-15)20-21(17,18)11(12,13)14;1-9-7-5-3-2-4-6(7)8(10)11/h5-9H,10-12H2,1-3H3;4H,5-7H2,1-3H3;2-5,10-11H. The van der Waals surface area contributed by atoms with Crippen molar-refractivity contribution < 1.29 is 54.9 Å². The number of ether oxygens (including phenoxy) is 2. The monoisotopic (exact) mass is 762 g/mol. The predicted octanol–water partition coefficient (Wildman–Crippen LogP) is 6.56. The van der Waals surface area contributed by atoms with E-state index in [9.17, 15) is 31.2 Å². The van der Waals surface area contributed by atoms with Crippen LogP contribution in [0.2, 0.25) is 0 Å². The Morgan fingerprint density at radius 1 is 0.774 bits per heavy atom. The smallest absolute Gasteiger partial charge is 0.444 e. The molecule has 2 aromatic rings. The van der Waals surface area contributed by atoms with Crippen LogP contribution in [0.3, 0.4) is 0 Å². The van der Waals surface area contributed by atoms with Crippen molar-refractivity contribution in [2.24, 2.45) is 0 Å². The Balaban J connectivity index is 0.000000289. The summed E-state index contributed by atoms with van der Waals surface area (Å²) < 4.78 is 72.6. The Kier molecular flexibility index (Phi) is 15.5. The van der Waals surface area contributed by atoms with Gasteiger partial charge in [-0.3, -0.25) is 0 Å². The molecule has 0 spiro atoms. The maximum absolute atomic E-state index is 12.2. The molecule has 18 heteroatoms. The number of alkyl halides is 3.